The number of fused-ring (bicyclic) bond motifs is 1. The Morgan fingerprint density at radius 1 is 1.15 bits per heavy atom. The van der Waals surface area contributed by atoms with E-state index in [9.17, 15) is 24.9 Å². The number of ether oxygens (including phenoxy) is 1. The van der Waals surface area contributed by atoms with E-state index in [1.54, 1.807) is 24.3 Å². The van der Waals surface area contributed by atoms with Gasteiger partial charge in [0.2, 0.25) is 0 Å². The van der Waals surface area contributed by atoms with Crippen molar-refractivity contribution < 1.29 is 20.1 Å². The summed E-state index contributed by atoms with van der Waals surface area (Å²) in [6.45, 7) is -0.428. The number of imidazole rings is 1. The fraction of sp³-hybridized carbons (Fsp3) is 0.353. The van der Waals surface area contributed by atoms with E-state index in [0.29, 0.717) is 0 Å². The summed E-state index contributed by atoms with van der Waals surface area (Å²) in [6.07, 6.45) is -3.54. The zero-order chi connectivity index (χ0) is 19.1. The molecule has 0 spiro atoms. The fourth-order valence-electron chi connectivity index (χ4n) is 3.27. The van der Waals surface area contributed by atoms with Crippen LogP contribution in [0.4, 0.5) is 0 Å². The highest BCUT2D eigenvalue weighted by Gasteiger charge is 2.44. The largest absolute Gasteiger partial charge is 0.394 e. The zero-order valence-electron chi connectivity index (χ0n) is 14.1. The number of aromatic nitrogens is 4. The van der Waals surface area contributed by atoms with E-state index in [0.717, 1.165) is 10.1 Å². The third-order valence-electron chi connectivity index (χ3n) is 4.69. The van der Waals surface area contributed by atoms with Crippen LogP contribution in [-0.4, -0.2) is 59.3 Å². The number of hydrogen-bond donors (Lipinski definition) is 4. The summed E-state index contributed by atoms with van der Waals surface area (Å²) in [5, 5.41) is 29.4. The number of aliphatic hydroxyl groups excluding tert-OH is 3. The number of nitrogens with one attached hydrogen (secondary N) is 1. The molecule has 1 aliphatic heterocycles. The number of aromatic amines is 1. The van der Waals surface area contributed by atoms with E-state index in [2.05, 4.69) is 9.97 Å². The van der Waals surface area contributed by atoms with Gasteiger partial charge in [-0.15, -0.1) is 0 Å². The molecule has 10 heteroatoms. The summed E-state index contributed by atoms with van der Waals surface area (Å²) in [5.74, 6) is 0. The topological polar surface area (TPSA) is 143 Å². The highest BCUT2D eigenvalue weighted by Crippen LogP contribution is 2.30. The van der Waals surface area contributed by atoms with Crippen molar-refractivity contribution in [3.05, 3.63) is 63.1 Å². The first-order chi connectivity index (χ1) is 13.0. The number of benzene rings is 1. The lowest BCUT2D eigenvalue weighted by Gasteiger charge is -2.17. The second kappa shape index (κ2) is 6.74. The number of nitrogens with zero attached hydrogens (tertiary/aromatic N) is 3. The predicted octanol–water partition coefficient (Wildman–Crippen LogP) is -1.45. The van der Waals surface area contributed by atoms with Gasteiger partial charge in [-0.1, -0.05) is 30.3 Å². The molecule has 27 heavy (non-hydrogen) atoms. The van der Waals surface area contributed by atoms with Gasteiger partial charge in [-0.3, -0.25) is 18.9 Å². The smallest absolute Gasteiger partial charge is 0.330 e. The van der Waals surface area contributed by atoms with Crippen LogP contribution in [-0.2, 0) is 11.3 Å². The van der Waals surface area contributed by atoms with Crippen LogP contribution in [0.3, 0.4) is 0 Å². The highest BCUT2D eigenvalue weighted by molar-refractivity contribution is 5.69. The minimum Gasteiger partial charge on any atom is -0.394 e. The van der Waals surface area contributed by atoms with Crippen molar-refractivity contribution in [2.75, 3.05) is 6.61 Å². The fourth-order valence-corrected chi connectivity index (χ4v) is 3.27. The molecule has 0 aliphatic carbocycles. The summed E-state index contributed by atoms with van der Waals surface area (Å²) in [6, 6.07) is 9.02. The van der Waals surface area contributed by atoms with Crippen LogP contribution >= 0.6 is 0 Å². The Morgan fingerprint density at radius 2 is 1.89 bits per heavy atom. The molecular formula is C17H18N4O6. The molecule has 4 N–H and O–H groups in total. The molecule has 10 nitrogen and oxygen atoms in total. The maximum absolute atomic E-state index is 13.0. The highest BCUT2D eigenvalue weighted by atomic mass is 16.6. The molecule has 1 aromatic carbocycles. The number of H-pyrrole nitrogens is 1. The summed E-state index contributed by atoms with van der Waals surface area (Å²) in [4.78, 5) is 31.8. The summed E-state index contributed by atoms with van der Waals surface area (Å²) in [5.41, 5.74) is -0.369. The van der Waals surface area contributed by atoms with Crippen molar-refractivity contribution in [1.29, 1.82) is 0 Å². The summed E-state index contributed by atoms with van der Waals surface area (Å²) < 4.78 is 7.75. The Balaban J connectivity index is 1.82. The number of hydrogen-bond acceptors (Lipinski definition) is 7. The average molecular weight is 374 g/mol. The molecule has 0 unspecified atom stereocenters. The number of aliphatic hydroxyl groups is 3. The minimum absolute atomic E-state index is 0.0281. The quantitative estimate of drug-likeness (QED) is 0.437. The van der Waals surface area contributed by atoms with Gasteiger partial charge < -0.3 is 20.1 Å². The zero-order valence-corrected chi connectivity index (χ0v) is 14.1. The van der Waals surface area contributed by atoms with Crippen LogP contribution in [0.5, 0.6) is 0 Å². The standard InChI is InChI=1S/C17H18N4O6/c22-7-10-12(23)13(24)16(27-10)21-8-18-14-11(21)15(25)20(17(26)19-14)6-9-4-2-1-3-5-9/h1-5,8,10,12-13,16,22-24H,6-7H2,(H,19,26)/t10-,12-,13-,16-/m1/s1. The van der Waals surface area contributed by atoms with Crippen LogP contribution in [0.1, 0.15) is 11.8 Å². The Kier molecular flexibility index (Phi) is 4.40. The SMILES string of the molecule is O=c1[nH]c2ncn([C@@H]3O[C@H](CO)[C@@H](O)[C@H]3O)c2c(=O)n1Cc1ccccc1. The third kappa shape index (κ3) is 2.88. The van der Waals surface area contributed by atoms with E-state index in [-0.39, 0.29) is 17.7 Å². The maximum Gasteiger partial charge on any atom is 0.330 e. The molecule has 4 rings (SSSR count). The van der Waals surface area contributed by atoms with Gasteiger partial charge in [0.15, 0.2) is 17.4 Å². The monoisotopic (exact) mass is 374 g/mol. The van der Waals surface area contributed by atoms with E-state index >= 15 is 0 Å². The second-order valence-corrected chi connectivity index (χ2v) is 6.38. The first-order valence-corrected chi connectivity index (χ1v) is 8.37. The van der Waals surface area contributed by atoms with Gasteiger partial charge in [-0.2, -0.15) is 0 Å². The molecule has 3 heterocycles. The van der Waals surface area contributed by atoms with Crippen molar-refractivity contribution in [1.82, 2.24) is 19.1 Å². The van der Waals surface area contributed by atoms with Crippen LogP contribution in [0.2, 0.25) is 0 Å². The molecule has 1 aliphatic rings. The van der Waals surface area contributed by atoms with Crippen LogP contribution < -0.4 is 11.2 Å². The Morgan fingerprint density at radius 3 is 2.56 bits per heavy atom. The van der Waals surface area contributed by atoms with E-state index in [4.69, 9.17) is 4.74 Å². The van der Waals surface area contributed by atoms with E-state index < -0.39 is 42.4 Å². The number of rotatable bonds is 4. The molecule has 4 atom stereocenters. The molecule has 142 valence electrons. The lowest BCUT2D eigenvalue weighted by atomic mass is 10.1. The molecular weight excluding hydrogens is 356 g/mol. The third-order valence-corrected chi connectivity index (χ3v) is 4.69. The van der Waals surface area contributed by atoms with Crippen molar-refractivity contribution in [3.63, 3.8) is 0 Å². The van der Waals surface area contributed by atoms with Crippen molar-refractivity contribution in [2.24, 2.45) is 0 Å². The molecule has 1 fully saturated rings. The van der Waals surface area contributed by atoms with Crippen molar-refractivity contribution in [3.8, 4) is 0 Å². The van der Waals surface area contributed by atoms with Crippen LogP contribution in [0, 0.1) is 0 Å². The van der Waals surface area contributed by atoms with Gasteiger partial charge in [-0.25, -0.2) is 9.78 Å². The lowest BCUT2D eigenvalue weighted by Crippen LogP contribution is -2.37. The summed E-state index contributed by atoms with van der Waals surface area (Å²) in [7, 11) is 0. The summed E-state index contributed by atoms with van der Waals surface area (Å²) >= 11 is 0. The van der Waals surface area contributed by atoms with Gasteiger partial charge in [0, 0.05) is 0 Å². The van der Waals surface area contributed by atoms with Gasteiger partial charge in [-0.05, 0) is 5.56 Å². The molecule has 0 radical (unpaired) electrons. The van der Waals surface area contributed by atoms with Gasteiger partial charge in [0.1, 0.15) is 18.3 Å². The van der Waals surface area contributed by atoms with Gasteiger partial charge in [0.25, 0.3) is 5.56 Å². The maximum atomic E-state index is 13.0. The predicted molar refractivity (Wildman–Crippen MR) is 93.2 cm³/mol. The molecule has 0 amide bonds. The first kappa shape index (κ1) is 17.6. The first-order valence-electron chi connectivity index (χ1n) is 8.37. The molecule has 2 aromatic heterocycles. The van der Waals surface area contributed by atoms with E-state index in [1.165, 1.54) is 10.9 Å². The van der Waals surface area contributed by atoms with Gasteiger partial charge >= 0.3 is 5.69 Å². The molecule has 0 saturated carbocycles. The lowest BCUT2D eigenvalue weighted by molar-refractivity contribution is -0.0509. The Hall–Kier alpha value is -2.79. The minimum atomic E-state index is -1.37. The van der Waals surface area contributed by atoms with Crippen molar-refractivity contribution >= 4 is 11.2 Å². The van der Waals surface area contributed by atoms with Crippen LogP contribution in [0.15, 0.2) is 46.2 Å². The normalized spacial score (nSPS) is 25.3. The Labute approximate surface area is 151 Å². The van der Waals surface area contributed by atoms with Crippen molar-refractivity contribution in [2.45, 2.75) is 31.1 Å². The molecule has 0 bridgehead atoms. The Bertz CT molecular complexity index is 1070. The van der Waals surface area contributed by atoms with Gasteiger partial charge in [0.05, 0.1) is 19.5 Å². The molecule has 3 aromatic rings. The second-order valence-electron chi connectivity index (χ2n) is 6.38. The average Bonchev–Trinajstić information content (AvgIpc) is 3.21. The van der Waals surface area contributed by atoms with E-state index in [1.807, 2.05) is 6.07 Å². The molecule has 1 saturated heterocycles. The van der Waals surface area contributed by atoms with Crippen LogP contribution in [0.25, 0.3) is 11.2 Å².